The van der Waals surface area contributed by atoms with Gasteiger partial charge in [-0.3, -0.25) is 14.1 Å². The summed E-state index contributed by atoms with van der Waals surface area (Å²) in [6.07, 6.45) is 5.32. The molecule has 1 N–H and O–H groups in total. The van der Waals surface area contributed by atoms with E-state index in [4.69, 9.17) is 11.6 Å². The molecule has 3 heterocycles. The minimum absolute atomic E-state index is 0. The van der Waals surface area contributed by atoms with E-state index >= 15 is 0 Å². The van der Waals surface area contributed by atoms with Gasteiger partial charge in [0.1, 0.15) is 5.65 Å². The first-order valence-electron chi connectivity index (χ1n) is 8.20. The number of hydrogen-bond donors (Lipinski definition) is 1. The Bertz CT molecular complexity index is 726. The highest BCUT2D eigenvalue weighted by atomic mass is 35.5. The number of hydrogen-bond acceptors (Lipinski definition) is 4. The van der Waals surface area contributed by atoms with Gasteiger partial charge in [0.2, 0.25) is 0 Å². The lowest BCUT2D eigenvalue weighted by Gasteiger charge is -2.31. The topological polar surface area (TPSA) is 49.6 Å². The molecule has 2 aromatic rings. The maximum atomic E-state index is 12.2. The van der Waals surface area contributed by atoms with Crippen LogP contribution in [-0.2, 0) is 6.54 Å². The second kappa shape index (κ2) is 8.81. The lowest BCUT2D eigenvalue weighted by molar-refractivity contribution is 0.171. The lowest BCUT2D eigenvalue weighted by Crippen LogP contribution is -2.34. The Labute approximate surface area is 153 Å². The summed E-state index contributed by atoms with van der Waals surface area (Å²) in [5.41, 5.74) is 1.42. The van der Waals surface area contributed by atoms with Gasteiger partial charge in [0.05, 0.1) is 10.7 Å². The van der Waals surface area contributed by atoms with Crippen molar-refractivity contribution in [3.63, 3.8) is 0 Å². The van der Waals surface area contributed by atoms with Crippen molar-refractivity contribution >= 4 is 29.7 Å². The first-order valence-corrected chi connectivity index (χ1v) is 8.58. The minimum Gasteiger partial charge on any atom is -0.320 e. The zero-order valence-corrected chi connectivity index (χ0v) is 15.4. The molecule has 132 valence electrons. The van der Waals surface area contributed by atoms with Crippen molar-refractivity contribution in [3.8, 4) is 0 Å². The number of piperidine rings is 1. The van der Waals surface area contributed by atoms with Crippen molar-refractivity contribution < 1.29 is 0 Å². The standard InChI is InChI=1S/C17H23ClN4O.ClH/c1-19-7-4-13-5-8-21(9-6-13)12-15-10-17(23)22-11-14(18)2-3-16(22)20-15;/h2-3,10-11,13,19H,4-9,12H2,1H3;1H. The van der Waals surface area contributed by atoms with Gasteiger partial charge in [-0.1, -0.05) is 11.6 Å². The molecule has 0 aliphatic carbocycles. The fourth-order valence-electron chi connectivity index (χ4n) is 3.22. The van der Waals surface area contributed by atoms with Crippen molar-refractivity contribution in [2.24, 2.45) is 5.92 Å². The summed E-state index contributed by atoms with van der Waals surface area (Å²) in [5.74, 6) is 0.816. The largest absolute Gasteiger partial charge is 0.320 e. The molecule has 0 unspecified atom stereocenters. The third kappa shape index (κ3) is 4.70. The number of fused-ring (bicyclic) bond motifs is 1. The predicted octanol–water partition coefficient (Wildman–Crippen LogP) is 2.59. The van der Waals surface area contributed by atoms with Gasteiger partial charge in [0.15, 0.2) is 0 Å². The highest BCUT2D eigenvalue weighted by molar-refractivity contribution is 6.30. The highest BCUT2D eigenvalue weighted by Gasteiger charge is 2.19. The summed E-state index contributed by atoms with van der Waals surface area (Å²) < 4.78 is 1.50. The molecule has 0 spiro atoms. The van der Waals surface area contributed by atoms with Gasteiger partial charge < -0.3 is 5.32 Å². The van der Waals surface area contributed by atoms with E-state index in [1.807, 2.05) is 7.05 Å². The van der Waals surface area contributed by atoms with Crippen molar-refractivity contribution in [2.75, 3.05) is 26.7 Å². The van der Waals surface area contributed by atoms with Crippen molar-refractivity contribution in [1.29, 1.82) is 0 Å². The van der Waals surface area contributed by atoms with Gasteiger partial charge in [-0.15, -0.1) is 12.4 Å². The van der Waals surface area contributed by atoms with Gasteiger partial charge in [0.25, 0.3) is 5.56 Å². The van der Waals surface area contributed by atoms with Crippen LogP contribution in [0.4, 0.5) is 0 Å². The van der Waals surface area contributed by atoms with Crippen molar-refractivity contribution in [3.05, 3.63) is 45.5 Å². The quantitative estimate of drug-likeness (QED) is 0.878. The Balaban J connectivity index is 0.00000208. The average molecular weight is 371 g/mol. The molecule has 0 aromatic carbocycles. The summed E-state index contributed by atoms with van der Waals surface area (Å²) in [6.45, 7) is 4.00. The Morgan fingerprint density at radius 1 is 1.33 bits per heavy atom. The van der Waals surface area contributed by atoms with E-state index in [-0.39, 0.29) is 18.0 Å². The van der Waals surface area contributed by atoms with Crippen LogP contribution < -0.4 is 10.9 Å². The van der Waals surface area contributed by atoms with Gasteiger partial charge in [-0.05, 0) is 64.0 Å². The summed E-state index contributed by atoms with van der Waals surface area (Å²) in [6, 6.07) is 5.17. The van der Waals surface area contributed by atoms with Gasteiger partial charge in [0, 0.05) is 18.8 Å². The number of pyridine rings is 1. The van der Waals surface area contributed by atoms with Crippen LogP contribution in [-0.4, -0.2) is 41.0 Å². The van der Waals surface area contributed by atoms with Gasteiger partial charge in [-0.25, -0.2) is 4.98 Å². The Kier molecular flexibility index (Phi) is 7.04. The molecule has 0 atom stereocenters. The molecular formula is C17H24Cl2N4O. The van der Waals surface area contributed by atoms with E-state index in [1.165, 1.54) is 23.7 Å². The zero-order valence-electron chi connectivity index (χ0n) is 13.9. The molecule has 24 heavy (non-hydrogen) atoms. The Morgan fingerprint density at radius 2 is 2.08 bits per heavy atom. The third-order valence-electron chi connectivity index (χ3n) is 4.57. The maximum Gasteiger partial charge on any atom is 0.258 e. The zero-order chi connectivity index (χ0) is 16.2. The fourth-order valence-corrected chi connectivity index (χ4v) is 3.38. The molecule has 0 amide bonds. The Hall–Kier alpha value is -1.14. The Morgan fingerprint density at radius 3 is 2.79 bits per heavy atom. The van der Waals surface area contributed by atoms with Crippen LogP contribution in [0.3, 0.4) is 0 Å². The second-order valence-electron chi connectivity index (χ2n) is 6.27. The van der Waals surface area contributed by atoms with E-state index in [0.29, 0.717) is 10.7 Å². The summed E-state index contributed by atoms with van der Waals surface area (Å²) in [7, 11) is 2.01. The van der Waals surface area contributed by atoms with Crippen LogP contribution in [0.1, 0.15) is 25.0 Å². The van der Waals surface area contributed by atoms with Crippen LogP contribution in [0.15, 0.2) is 29.2 Å². The number of aromatic nitrogens is 2. The first-order chi connectivity index (χ1) is 11.2. The third-order valence-corrected chi connectivity index (χ3v) is 4.80. The summed E-state index contributed by atoms with van der Waals surface area (Å²) in [5, 5.41) is 3.76. The normalized spacial score (nSPS) is 16.2. The fraction of sp³-hybridized carbons (Fsp3) is 0.529. The molecule has 3 rings (SSSR count). The van der Waals surface area contributed by atoms with Crippen LogP contribution in [0.5, 0.6) is 0 Å². The molecule has 5 nitrogen and oxygen atoms in total. The minimum atomic E-state index is -0.0728. The average Bonchev–Trinajstić information content (AvgIpc) is 2.55. The number of rotatable bonds is 5. The van der Waals surface area contributed by atoms with Crippen molar-refractivity contribution in [2.45, 2.75) is 25.8 Å². The summed E-state index contributed by atoms with van der Waals surface area (Å²) >= 11 is 5.94. The smallest absolute Gasteiger partial charge is 0.258 e. The van der Waals surface area contributed by atoms with Crippen molar-refractivity contribution in [1.82, 2.24) is 19.6 Å². The number of nitrogens with one attached hydrogen (secondary N) is 1. The molecule has 0 bridgehead atoms. The van der Waals surface area contributed by atoms with Crippen LogP contribution in [0.25, 0.3) is 5.65 Å². The maximum absolute atomic E-state index is 12.2. The van der Waals surface area contributed by atoms with Gasteiger partial charge >= 0.3 is 0 Å². The number of likely N-dealkylation sites (tertiary alicyclic amines) is 1. The number of nitrogens with zero attached hydrogens (tertiary/aromatic N) is 3. The van der Waals surface area contributed by atoms with Crippen LogP contribution in [0, 0.1) is 5.92 Å². The molecule has 1 fully saturated rings. The molecule has 2 aromatic heterocycles. The van der Waals surface area contributed by atoms with E-state index < -0.39 is 0 Å². The molecule has 1 saturated heterocycles. The van der Waals surface area contributed by atoms with E-state index in [2.05, 4.69) is 15.2 Å². The molecular weight excluding hydrogens is 347 g/mol. The SMILES string of the molecule is CNCCC1CCN(Cc2cc(=O)n3cc(Cl)ccc3n2)CC1.Cl. The van der Waals surface area contributed by atoms with E-state index in [1.54, 1.807) is 24.4 Å². The monoisotopic (exact) mass is 370 g/mol. The van der Waals surface area contributed by atoms with Crippen LogP contribution >= 0.6 is 24.0 Å². The molecule has 1 aliphatic rings. The van der Waals surface area contributed by atoms with Crippen LogP contribution in [0.2, 0.25) is 5.02 Å². The molecule has 1 aliphatic heterocycles. The van der Waals surface area contributed by atoms with Gasteiger partial charge in [-0.2, -0.15) is 0 Å². The first kappa shape index (κ1) is 19.2. The molecule has 7 heteroatoms. The lowest BCUT2D eigenvalue weighted by atomic mass is 9.93. The highest BCUT2D eigenvalue weighted by Crippen LogP contribution is 2.21. The molecule has 0 saturated carbocycles. The summed E-state index contributed by atoms with van der Waals surface area (Å²) in [4.78, 5) is 19.2. The predicted molar refractivity (Wildman–Crippen MR) is 100 cm³/mol. The van der Waals surface area contributed by atoms with E-state index in [9.17, 15) is 4.79 Å². The second-order valence-corrected chi connectivity index (χ2v) is 6.71. The molecule has 0 radical (unpaired) electrons. The number of halogens is 2. The van der Waals surface area contributed by atoms with E-state index in [0.717, 1.165) is 37.8 Å².